The normalized spacial score (nSPS) is 9.94. The fourth-order valence-corrected chi connectivity index (χ4v) is 1.00. The lowest BCUT2D eigenvalue weighted by Gasteiger charge is -2.11. The lowest BCUT2D eigenvalue weighted by Crippen LogP contribution is -2.14. The van der Waals surface area contributed by atoms with Crippen molar-refractivity contribution >= 4 is 0 Å². The van der Waals surface area contributed by atoms with Crippen LogP contribution < -0.4 is 0 Å². The zero-order chi connectivity index (χ0) is 15.1. The largest absolute Gasteiger partial charge is 0.433 e. The molecule has 1 heterocycles. The van der Waals surface area contributed by atoms with Gasteiger partial charge in [-0.3, -0.25) is 0 Å². The average molecular weight is 271 g/mol. The highest BCUT2D eigenvalue weighted by Gasteiger charge is 2.36. The molecule has 6 heteroatoms. The Morgan fingerprint density at radius 2 is 1.22 bits per heavy atom. The van der Waals surface area contributed by atoms with Gasteiger partial charge in [-0.25, -0.2) is 13.8 Å². The van der Waals surface area contributed by atoms with Crippen molar-refractivity contribution in [2.24, 2.45) is 0 Å². The van der Waals surface area contributed by atoms with Crippen molar-refractivity contribution in [1.82, 2.24) is 4.98 Å². The number of alkyl halides is 3. The van der Waals surface area contributed by atoms with Crippen molar-refractivity contribution in [3.05, 3.63) is 28.6 Å². The third-order valence-electron chi connectivity index (χ3n) is 1.74. The van der Waals surface area contributed by atoms with Crippen molar-refractivity contribution in [3.8, 4) is 0 Å². The minimum absolute atomic E-state index is 0.597. The second-order valence-corrected chi connectivity index (χ2v) is 2.80. The molecule has 0 aliphatic carbocycles. The third kappa shape index (κ3) is 4.58. The highest BCUT2D eigenvalue weighted by molar-refractivity contribution is 5.26. The molecular formula is C12H18F5N. The zero-order valence-electron chi connectivity index (χ0n) is 11.3. The molecule has 0 unspecified atom stereocenters. The van der Waals surface area contributed by atoms with Crippen LogP contribution in [0.4, 0.5) is 22.0 Å². The summed E-state index contributed by atoms with van der Waals surface area (Å²) in [6.45, 7) is 9.82. The van der Waals surface area contributed by atoms with E-state index in [-0.39, 0.29) is 0 Å². The van der Waals surface area contributed by atoms with Crippen LogP contribution in [0.1, 0.15) is 44.6 Å². The van der Waals surface area contributed by atoms with E-state index in [1.54, 1.807) is 0 Å². The van der Waals surface area contributed by atoms with Gasteiger partial charge in [0, 0.05) is 5.56 Å². The molecule has 106 valence electrons. The smallest absolute Gasteiger partial charge is 0.245 e. The van der Waals surface area contributed by atoms with Crippen LogP contribution in [0, 0.1) is 25.5 Å². The van der Waals surface area contributed by atoms with Crippen molar-refractivity contribution in [2.45, 2.75) is 47.7 Å². The summed E-state index contributed by atoms with van der Waals surface area (Å²) in [6.07, 6.45) is -4.76. The Morgan fingerprint density at radius 3 is 1.56 bits per heavy atom. The maximum atomic E-state index is 12.9. The van der Waals surface area contributed by atoms with Crippen LogP contribution in [0.15, 0.2) is 0 Å². The summed E-state index contributed by atoms with van der Waals surface area (Å²) in [6, 6.07) is 0. The Labute approximate surface area is 104 Å². The molecule has 0 aliphatic heterocycles. The molecule has 1 rings (SSSR count). The summed E-state index contributed by atoms with van der Waals surface area (Å²) in [7, 11) is 0. The molecule has 1 nitrogen and oxygen atoms in total. The van der Waals surface area contributed by atoms with Crippen molar-refractivity contribution in [1.29, 1.82) is 0 Å². The van der Waals surface area contributed by atoms with Crippen LogP contribution in [0.3, 0.4) is 0 Å². The van der Waals surface area contributed by atoms with Gasteiger partial charge in [-0.1, -0.05) is 27.7 Å². The van der Waals surface area contributed by atoms with Crippen molar-refractivity contribution < 1.29 is 22.0 Å². The lowest BCUT2D eigenvalue weighted by molar-refractivity contribution is -0.142. The molecule has 18 heavy (non-hydrogen) atoms. The molecule has 0 aromatic carbocycles. The molecule has 0 fully saturated rings. The SMILES string of the molecule is CC.CC.Cc1nc(C(F)(F)F)c(C)c(F)c1F. The number of hydrogen-bond donors (Lipinski definition) is 0. The monoisotopic (exact) mass is 271 g/mol. The Balaban J connectivity index is 0. The van der Waals surface area contributed by atoms with Gasteiger partial charge in [0.25, 0.3) is 0 Å². The van der Waals surface area contributed by atoms with Gasteiger partial charge >= 0.3 is 6.18 Å². The number of aromatic nitrogens is 1. The van der Waals surface area contributed by atoms with E-state index < -0.39 is 34.8 Å². The van der Waals surface area contributed by atoms with E-state index in [2.05, 4.69) is 4.98 Å². The Kier molecular flexibility index (Phi) is 8.51. The van der Waals surface area contributed by atoms with E-state index in [0.29, 0.717) is 0 Å². The van der Waals surface area contributed by atoms with Crippen LogP contribution >= 0.6 is 0 Å². The molecule has 0 bridgehead atoms. The molecule has 0 saturated heterocycles. The first-order valence-corrected chi connectivity index (χ1v) is 5.64. The van der Waals surface area contributed by atoms with Gasteiger partial charge in [-0.05, 0) is 13.8 Å². The van der Waals surface area contributed by atoms with Gasteiger partial charge in [0.2, 0.25) is 0 Å². The summed E-state index contributed by atoms with van der Waals surface area (Å²) in [4.78, 5) is 2.96. The van der Waals surface area contributed by atoms with E-state index in [4.69, 9.17) is 0 Å². The summed E-state index contributed by atoms with van der Waals surface area (Å²) in [5, 5.41) is 0. The lowest BCUT2D eigenvalue weighted by atomic mass is 10.1. The Bertz CT molecular complexity index is 372. The highest BCUT2D eigenvalue weighted by Crippen LogP contribution is 2.32. The molecule has 0 aliphatic rings. The van der Waals surface area contributed by atoms with Crippen molar-refractivity contribution in [2.75, 3.05) is 0 Å². The van der Waals surface area contributed by atoms with Crippen LogP contribution in [0.25, 0.3) is 0 Å². The van der Waals surface area contributed by atoms with E-state index in [1.807, 2.05) is 27.7 Å². The number of pyridine rings is 1. The summed E-state index contributed by atoms with van der Waals surface area (Å²) in [5.41, 5.74) is -2.80. The molecule has 0 atom stereocenters. The summed E-state index contributed by atoms with van der Waals surface area (Å²) in [5.74, 6) is -2.83. The van der Waals surface area contributed by atoms with Crippen LogP contribution in [0.2, 0.25) is 0 Å². The minimum atomic E-state index is -4.76. The molecule has 0 radical (unpaired) electrons. The molecule has 0 amide bonds. The predicted octanol–water partition coefficient (Wildman–Crippen LogP) is 5.05. The van der Waals surface area contributed by atoms with E-state index in [1.165, 1.54) is 0 Å². The number of nitrogens with zero attached hydrogens (tertiary/aromatic N) is 1. The summed E-state index contributed by atoms with van der Waals surface area (Å²) < 4.78 is 62.2. The van der Waals surface area contributed by atoms with Crippen molar-refractivity contribution in [3.63, 3.8) is 0 Å². The maximum absolute atomic E-state index is 12.9. The number of rotatable bonds is 0. The molecule has 0 spiro atoms. The van der Waals surface area contributed by atoms with Gasteiger partial charge in [-0.15, -0.1) is 0 Å². The van der Waals surface area contributed by atoms with Crippen LogP contribution in [-0.2, 0) is 6.18 Å². The first-order chi connectivity index (χ1) is 8.25. The highest BCUT2D eigenvalue weighted by atomic mass is 19.4. The third-order valence-corrected chi connectivity index (χ3v) is 1.74. The summed E-state index contributed by atoms with van der Waals surface area (Å²) >= 11 is 0. The molecule has 0 saturated carbocycles. The fourth-order valence-electron chi connectivity index (χ4n) is 1.00. The van der Waals surface area contributed by atoms with Gasteiger partial charge in [0.05, 0.1) is 5.69 Å². The zero-order valence-corrected chi connectivity index (χ0v) is 11.3. The molecule has 1 aromatic heterocycles. The number of hydrogen-bond acceptors (Lipinski definition) is 1. The standard InChI is InChI=1S/C8H6F5N.2C2H6/c1-3-5(9)6(10)4(2)14-7(3)8(11,12)13;2*1-2/h1-2H3;2*1-2H3. The van der Waals surface area contributed by atoms with Gasteiger partial charge in [0.1, 0.15) is 0 Å². The Morgan fingerprint density at radius 1 is 0.833 bits per heavy atom. The molecular weight excluding hydrogens is 253 g/mol. The minimum Gasteiger partial charge on any atom is -0.245 e. The average Bonchev–Trinajstić information content (AvgIpc) is 2.35. The van der Waals surface area contributed by atoms with E-state index in [9.17, 15) is 22.0 Å². The van der Waals surface area contributed by atoms with Crippen LogP contribution in [0.5, 0.6) is 0 Å². The van der Waals surface area contributed by atoms with Gasteiger partial charge in [-0.2, -0.15) is 13.2 Å². The quantitative estimate of drug-likeness (QED) is 0.602. The first kappa shape index (κ1) is 19.1. The topological polar surface area (TPSA) is 12.9 Å². The maximum Gasteiger partial charge on any atom is 0.433 e. The number of halogens is 5. The van der Waals surface area contributed by atoms with E-state index >= 15 is 0 Å². The molecule has 1 aromatic rings. The second-order valence-electron chi connectivity index (χ2n) is 2.80. The van der Waals surface area contributed by atoms with Gasteiger partial charge in [0.15, 0.2) is 17.3 Å². The van der Waals surface area contributed by atoms with E-state index in [0.717, 1.165) is 13.8 Å². The van der Waals surface area contributed by atoms with Gasteiger partial charge < -0.3 is 0 Å². The first-order valence-electron chi connectivity index (χ1n) is 5.64. The second kappa shape index (κ2) is 8.00. The Hall–Kier alpha value is -1.20. The number of aryl methyl sites for hydroxylation is 1. The predicted molar refractivity (Wildman–Crippen MR) is 61.3 cm³/mol. The van der Waals surface area contributed by atoms with Crippen LogP contribution in [-0.4, -0.2) is 4.98 Å². The fraction of sp³-hybridized carbons (Fsp3) is 0.583. The molecule has 0 N–H and O–H groups in total.